The number of hydrogen-bond donors (Lipinski definition) is 5. The van der Waals surface area contributed by atoms with E-state index in [-0.39, 0.29) is 11.3 Å². The first-order chi connectivity index (χ1) is 20.4. The molecule has 0 amide bonds. The quantitative estimate of drug-likeness (QED) is 0.152. The van der Waals surface area contributed by atoms with Crippen LogP contribution in [0.2, 0.25) is 0 Å². The normalized spacial score (nSPS) is 15.2. The van der Waals surface area contributed by atoms with Crippen LogP contribution in [0.25, 0.3) is 10.9 Å². The number of ether oxygens (including phenoxy) is 1. The van der Waals surface area contributed by atoms with E-state index < -0.39 is 6.10 Å². The molecule has 222 valence electrons. The van der Waals surface area contributed by atoms with Gasteiger partial charge in [-0.2, -0.15) is 0 Å². The maximum absolute atomic E-state index is 11.6. The van der Waals surface area contributed by atoms with Crippen LogP contribution >= 0.6 is 0 Å². The molecule has 1 aromatic heterocycles. The molecule has 4 aromatic rings. The van der Waals surface area contributed by atoms with E-state index in [4.69, 9.17) is 4.74 Å². The molecular formula is C34H41N3O5. The number of nitrogens with one attached hydrogen (secondary N) is 2. The fourth-order valence-corrected chi connectivity index (χ4v) is 5.83. The van der Waals surface area contributed by atoms with E-state index in [0.29, 0.717) is 47.8 Å². The highest BCUT2D eigenvalue weighted by atomic mass is 16.5. The summed E-state index contributed by atoms with van der Waals surface area (Å²) in [7, 11) is 0. The van der Waals surface area contributed by atoms with Gasteiger partial charge in [0.2, 0.25) is 5.56 Å². The van der Waals surface area contributed by atoms with Crippen molar-refractivity contribution in [2.24, 2.45) is 0 Å². The predicted octanol–water partition coefficient (Wildman–Crippen LogP) is 4.97. The highest BCUT2D eigenvalue weighted by Crippen LogP contribution is 2.34. The second-order valence-corrected chi connectivity index (χ2v) is 11.1. The van der Waals surface area contributed by atoms with Gasteiger partial charge in [0.1, 0.15) is 17.2 Å². The predicted molar refractivity (Wildman–Crippen MR) is 165 cm³/mol. The number of phenolic OH excluding ortho intramolecular Hbond substituents is 2. The van der Waals surface area contributed by atoms with Crippen molar-refractivity contribution in [2.75, 3.05) is 32.8 Å². The maximum atomic E-state index is 11.6. The van der Waals surface area contributed by atoms with Crippen LogP contribution in [0, 0.1) is 0 Å². The molecule has 5 rings (SSSR count). The molecule has 1 atom stereocenters. The standard InChI is InChI=1S/C34H41N3O5/c1-2-37-17-15-25(16-18-37)29-20-23(7-12-30(29)38)4-3-19-42-26-8-5-24(6-9-26)21-35-22-32(40)27-10-13-31(39)34-28(27)11-14-33(41)36-34/h5-14,20,25,32,35,38-40H,2-4,15-19,21-22H2,1H3,(H,36,41). The van der Waals surface area contributed by atoms with E-state index in [2.05, 4.69) is 28.2 Å². The van der Waals surface area contributed by atoms with Gasteiger partial charge in [0.05, 0.1) is 18.2 Å². The molecule has 1 aliphatic heterocycles. The number of aromatic hydroxyl groups is 2. The summed E-state index contributed by atoms with van der Waals surface area (Å²) in [6.07, 6.45) is 3.18. The third-order valence-corrected chi connectivity index (χ3v) is 8.30. The topological polar surface area (TPSA) is 118 Å². The molecule has 8 nitrogen and oxygen atoms in total. The largest absolute Gasteiger partial charge is 0.508 e. The Morgan fingerprint density at radius 1 is 0.976 bits per heavy atom. The molecule has 1 aliphatic rings. The minimum atomic E-state index is -0.805. The van der Waals surface area contributed by atoms with Crippen molar-refractivity contribution in [1.29, 1.82) is 0 Å². The second kappa shape index (κ2) is 13.9. The molecule has 1 saturated heterocycles. The lowest BCUT2D eigenvalue weighted by atomic mass is 9.87. The maximum Gasteiger partial charge on any atom is 0.248 e. The molecule has 1 unspecified atom stereocenters. The minimum absolute atomic E-state index is 0.0261. The summed E-state index contributed by atoms with van der Waals surface area (Å²) in [6.45, 7) is 6.98. The molecule has 0 saturated carbocycles. The van der Waals surface area contributed by atoms with E-state index in [1.54, 1.807) is 12.1 Å². The molecule has 5 N–H and O–H groups in total. The van der Waals surface area contributed by atoms with Crippen LogP contribution in [-0.4, -0.2) is 58.0 Å². The van der Waals surface area contributed by atoms with Crippen LogP contribution in [0.3, 0.4) is 0 Å². The number of likely N-dealkylation sites (tertiary alicyclic amines) is 1. The van der Waals surface area contributed by atoms with Crippen molar-refractivity contribution < 1.29 is 20.1 Å². The third-order valence-electron chi connectivity index (χ3n) is 8.30. The van der Waals surface area contributed by atoms with Gasteiger partial charge in [0.25, 0.3) is 0 Å². The van der Waals surface area contributed by atoms with Crippen molar-refractivity contribution in [1.82, 2.24) is 15.2 Å². The summed E-state index contributed by atoms with van der Waals surface area (Å²) in [5.41, 5.74) is 4.05. The summed E-state index contributed by atoms with van der Waals surface area (Å²) in [5.74, 6) is 1.64. The first-order valence-electron chi connectivity index (χ1n) is 14.9. The van der Waals surface area contributed by atoms with Crippen molar-refractivity contribution in [3.63, 3.8) is 0 Å². The van der Waals surface area contributed by atoms with Crippen LogP contribution in [0.5, 0.6) is 17.2 Å². The number of aliphatic hydroxyl groups is 1. The molecule has 0 bridgehead atoms. The lowest BCUT2D eigenvalue weighted by Crippen LogP contribution is -2.32. The molecule has 3 aromatic carbocycles. The zero-order valence-corrected chi connectivity index (χ0v) is 24.2. The van der Waals surface area contributed by atoms with Crippen LogP contribution in [0.15, 0.2) is 71.5 Å². The van der Waals surface area contributed by atoms with Gasteiger partial charge in [-0.3, -0.25) is 4.79 Å². The van der Waals surface area contributed by atoms with Gasteiger partial charge in [-0.05, 0) is 104 Å². The third kappa shape index (κ3) is 7.31. The molecular weight excluding hydrogens is 530 g/mol. The lowest BCUT2D eigenvalue weighted by Gasteiger charge is -2.31. The monoisotopic (exact) mass is 571 g/mol. The number of aromatic amines is 1. The smallest absolute Gasteiger partial charge is 0.248 e. The minimum Gasteiger partial charge on any atom is -0.508 e. The number of fused-ring (bicyclic) bond motifs is 1. The zero-order chi connectivity index (χ0) is 29.5. The Morgan fingerprint density at radius 3 is 2.48 bits per heavy atom. The van der Waals surface area contributed by atoms with Crippen molar-refractivity contribution in [3.8, 4) is 17.2 Å². The van der Waals surface area contributed by atoms with Crippen LogP contribution in [-0.2, 0) is 13.0 Å². The van der Waals surface area contributed by atoms with E-state index in [9.17, 15) is 20.1 Å². The Kier molecular flexibility index (Phi) is 9.79. The number of aryl methyl sites for hydroxylation is 1. The molecule has 1 fully saturated rings. The fraction of sp³-hybridized carbons (Fsp3) is 0.382. The van der Waals surface area contributed by atoms with Gasteiger partial charge in [-0.1, -0.05) is 37.3 Å². The summed E-state index contributed by atoms with van der Waals surface area (Å²) in [5, 5.41) is 35.2. The number of hydrogen-bond acceptors (Lipinski definition) is 7. The van der Waals surface area contributed by atoms with Gasteiger partial charge < -0.3 is 35.3 Å². The van der Waals surface area contributed by atoms with E-state index in [1.807, 2.05) is 36.4 Å². The van der Waals surface area contributed by atoms with Gasteiger partial charge in [-0.15, -0.1) is 0 Å². The summed E-state index contributed by atoms with van der Waals surface area (Å²) < 4.78 is 5.98. The lowest BCUT2D eigenvalue weighted by molar-refractivity contribution is 0.176. The number of piperidine rings is 1. The first kappa shape index (κ1) is 29.6. The number of pyridine rings is 1. The molecule has 0 aliphatic carbocycles. The van der Waals surface area contributed by atoms with E-state index >= 15 is 0 Å². The van der Waals surface area contributed by atoms with Crippen molar-refractivity contribution in [2.45, 2.75) is 51.2 Å². The Balaban J connectivity index is 1.05. The number of nitrogens with zero attached hydrogens (tertiary/aromatic N) is 1. The Hall–Kier alpha value is -3.85. The Labute approximate surface area is 246 Å². The van der Waals surface area contributed by atoms with Crippen LogP contribution in [0.1, 0.15) is 60.5 Å². The van der Waals surface area contributed by atoms with E-state index in [0.717, 1.165) is 62.2 Å². The van der Waals surface area contributed by atoms with E-state index in [1.165, 1.54) is 17.7 Å². The fourth-order valence-electron chi connectivity index (χ4n) is 5.83. The summed E-state index contributed by atoms with van der Waals surface area (Å²) in [4.78, 5) is 16.7. The highest BCUT2D eigenvalue weighted by Gasteiger charge is 2.22. The highest BCUT2D eigenvalue weighted by molar-refractivity contribution is 5.87. The number of H-pyrrole nitrogens is 1. The first-order valence-corrected chi connectivity index (χ1v) is 14.9. The Morgan fingerprint density at radius 2 is 1.71 bits per heavy atom. The number of phenols is 2. The van der Waals surface area contributed by atoms with Crippen molar-refractivity contribution >= 4 is 10.9 Å². The molecule has 8 heteroatoms. The number of rotatable bonds is 12. The Bertz CT molecular complexity index is 1530. The van der Waals surface area contributed by atoms with Gasteiger partial charge in [0, 0.05) is 24.5 Å². The summed E-state index contributed by atoms with van der Waals surface area (Å²) in [6, 6.07) is 20.1. The number of benzene rings is 3. The number of aromatic nitrogens is 1. The van der Waals surface area contributed by atoms with Crippen LogP contribution in [0.4, 0.5) is 0 Å². The molecule has 2 heterocycles. The average Bonchev–Trinajstić information content (AvgIpc) is 3.01. The molecule has 0 radical (unpaired) electrons. The van der Waals surface area contributed by atoms with Gasteiger partial charge in [0.15, 0.2) is 0 Å². The SMILES string of the molecule is CCN1CCC(c2cc(CCCOc3ccc(CNCC(O)c4ccc(O)c5[nH]c(=O)ccc45)cc3)ccc2O)CC1. The number of aliphatic hydroxyl groups excluding tert-OH is 1. The van der Waals surface area contributed by atoms with Gasteiger partial charge >= 0.3 is 0 Å². The second-order valence-electron chi connectivity index (χ2n) is 11.1. The zero-order valence-electron chi connectivity index (χ0n) is 24.2. The summed E-state index contributed by atoms with van der Waals surface area (Å²) >= 11 is 0. The van der Waals surface area contributed by atoms with Gasteiger partial charge in [-0.25, -0.2) is 0 Å². The van der Waals surface area contributed by atoms with Crippen LogP contribution < -0.4 is 15.6 Å². The van der Waals surface area contributed by atoms with Crippen molar-refractivity contribution in [3.05, 3.63) is 99.3 Å². The molecule has 0 spiro atoms. The average molecular weight is 572 g/mol. The molecule has 42 heavy (non-hydrogen) atoms.